The number of aromatic nitrogens is 2. The summed E-state index contributed by atoms with van der Waals surface area (Å²) in [6, 6.07) is 3.93. The number of anilines is 1. The lowest BCUT2D eigenvalue weighted by molar-refractivity contribution is 0.876. The fraction of sp³-hybridized carbons (Fsp3) is 0.200. The predicted octanol–water partition coefficient (Wildman–Crippen LogP) is 3.43. The Labute approximate surface area is 117 Å². The predicted molar refractivity (Wildman–Crippen MR) is 76.2 cm³/mol. The molecule has 0 aromatic carbocycles. The molecule has 2 heterocycles. The van der Waals surface area contributed by atoms with Crippen molar-refractivity contribution in [1.29, 1.82) is 0 Å². The molecule has 0 bridgehead atoms. The van der Waals surface area contributed by atoms with E-state index in [1.54, 1.807) is 23.7 Å². The van der Waals surface area contributed by atoms with Gasteiger partial charge in [-0.2, -0.15) is 0 Å². The molecular weight excluding hydrogens is 357 g/mol. The molecule has 0 atom stereocenters. The summed E-state index contributed by atoms with van der Waals surface area (Å²) in [4.78, 5) is 11.7. The molecule has 0 saturated carbocycles. The Morgan fingerprint density at radius 2 is 2.06 bits per heavy atom. The molecule has 0 aliphatic carbocycles. The number of nitrogens with zero attached hydrogens (tertiary/aromatic N) is 3. The van der Waals surface area contributed by atoms with Gasteiger partial charge in [0.2, 0.25) is 5.95 Å². The summed E-state index contributed by atoms with van der Waals surface area (Å²) < 4.78 is 1.85. The molecule has 84 valence electrons. The first kappa shape index (κ1) is 12.1. The van der Waals surface area contributed by atoms with E-state index in [4.69, 9.17) is 11.6 Å². The maximum Gasteiger partial charge on any atom is 0.225 e. The van der Waals surface area contributed by atoms with E-state index in [-0.39, 0.29) is 0 Å². The van der Waals surface area contributed by atoms with Crippen LogP contribution >= 0.6 is 45.5 Å². The van der Waals surface area contributed by atoms with Crippen LogP contribution in [0.25, 0.3) is 0 Å². The molecule has 2 aromatic rings. The Balaban J connectivity index is 2.08. The lowest BCUT2D eigenvalue weighted by Crippen LogP contribution is -2.18. The van der Waals surface area contributed by atoms with Gasteiger partial charge in [-0.15, -0.1) is 11.3 Å². The van der Waals surface area contributed by atoms with Crippen molar-refractivity contribution in [2.75, 3.05) is 11.9 Å². The van der Waals surface area contributed by atoms with Gasteiger partial charge in [-0.3, -0.25) is 0 Å². The van der Waals surface area contributed by atoms with E-state index in [0.29, 0.717) is 0 Å². The second-order valence-electron chi connectivity index (χ2n) is 3.26. The summed E-state index contributed by atoms with van der Waals surface area (Å²) in [7, 11) is 1.97. The van der Waals surface area contributed by atoms with E-state index in [2.05, 4.69) is 32.6 Å². The first-order chi connectivity index (χ1) is 7.65. The van der Waals surface area contributed by atoms with E-state index in [9.17, 15) is 0 Å². The summed E-state index contributed by atoms with van der Waals surface area (Å²) >= 11 is 9.65. The summed E-state index contributed by atoms with van der Waals surface area (Å²) in [5, 5.41) is 0. The van der Waals surface area contributed by atoms with E-state index < -0.39 is 0 Å². The summed E-state index contributed by atoms with van der Waals surface area (Å²) in [6.45, 7) is 0.776. The third-order valence-electron chi connectivity index (χ3n) is 1.97. The molecule has 0 aliphatic rings. The molecule has 0 unspecified atom stereocenters. The van der Waals surface area contributed by atoms with Crippen LogP contribution in [-0.4, -0.2) is 17.0 Å². The van der Waals surface area contributed by atoms with Crippen LogP contribution in [0.1, 0.15) is 4.88 Å². The van der Waals surface area contributed by atoms with Gasteiger partial charge in [0.25, 0.3) is 0 Å². The van der Waals surface area contributed by atoms with Crippen LogP contribution in [0, 0.1) is 3.57 Å². The first-order valence-electron chi connectivity index (χ1n) is 4.58. The minimum absolute atomic E-state index is 0.727. The summed E-state index contributed by atoms with van der Waals surface area (Å²) in [5.74, 6) is 0.727. The molecule has 6 heteroatoms. The van der Waals surface area contributed by atoms with E-state index >= 15 is 0 Å². The zero-order chi connectivity index (χ0) is 11.5. The van der Waals surface area contributed by atoms with Crippen LogP contribution in [0.3, 0.4) is 0 Å². The Morgan fingerprint density at radius 1 is 1.38 bits per heavy atom. The van der Waals surface area contributed by atoms with E-state index in [1.807, 2.05) is 24.1 Å². The van der Waals surface area contributed by atoms with Gasteiger partial charge in [-0.05, 0) is 34.7 Å². The number of rotatable bonds is 3. The standard InChI is InChI=1S/C10H9ClIN3S/c1-15(6-8-2-3-9(11)16-8)10-13-4-7(12)5-14-10/h2-5H,6H2,1H3. The zero-order valence-corrected chi connectivity index (χ0v) is 12.3. The van der Waals surface area contributed by atoms with Gasteiger partial charge < -0.3 is 4.90 Å². The molecule has 16 heavy (non-hydrogen) atoms. The average molecular weight is 366 g/mol. The van der Waals surface area contributed by atoms with Crippen LogP contribution in [-0.2, 0) is 6.54 Å². The second-order valence-corrected chi connectivity index (χ2v) is 6.31. The van der Waals surface area contributed by atoms with Gasteiger partial charge in [0, 0.05) is 27.9 Å². The third kappa shape index (κ3) is 3.05. The number of hydrogen-bond donors (Lipinski definition) is 0. The number of hydrogen-bond acceptors (Lipinski definition) is 4. The lowest BCUT2D eigenvalue weighted by atomic mass is 10.4. The van der Waals surface area contributed by atoms with Crippen molar-refractivity contribution in [1.82, 2.24) is 9.97 Å². The van der Waals surface area contributed by atoms with Gasteiger partial charge in [-0.25, -0.2) is 9.97 Å². The largest absolute Gasteiger partial charge is 0.339 e. The van der Waals surface area contributed by atoms with Crippen LogP contribution < -0.4 is 4.90 Å². The van der Waals surface area contributed by atoms with Gasteiger partial charge >= 0.3 is 0 Å². The second kappa shape index (κ2) is 5.29. The molecule has 0 saturated heterocycles. The number of halogens is 2. The van der Waals surface area contributed by atoms with Gasteiger partial charge in [0.15, 0.2) is 0 Å². The molecule has 2 aromatic heterocycles. The molecule has 3 nitrogen and oxygen atoms in total. The minimum atomic E-state index is 0.727. The van der Waals surface area contributed by atoms with Crippen LogP contribution in [0.2, 0.25) is 4.34 Å². The Kier molecular flexibility index (Phi) is 3.99. The van der Waals surface area contributed by atoms with Gasteiger partial charge in [0.1, 0.15) is 0 Å². The van der Waals surface area contributed by atoms with Crippen molar-refractivity contribution in [3.05, 3.63) is 37.3 Å². The average Bonchev–Trinajstić information content (AvgIpc) is 2.65. The van der Waals surface area contributed by atoms with E-state index in [0.717, 1.165) is 20.4 Å². The van der Waals surface area contributed by atoms with Crippen LogP contribution in [0.4, 0.5) is 5.95 Å². The van der Waals surface area contributed by atoms with Crippen LogP contribution in [0.15, 0.2) is 24.5 Å². The quantitative estimate of drug-likeness (QED) is 0.780. The molecule has 0 N–H and O–H groups in total. The van der Waals surface area contributed by atoms with Gasteiger partial charge in [-0.1, -0.05) is 11.6 Å². The van der Waals surface area contributed by atoms with Gasteiger partial charge in [0.05, 0.1) is 10.9 Å². The molecule has 2 rings (SSSR count). The molecule has 0 amide bonds. The summed E-state index contributed by atoms with van der Waals surface area (Å²) in [5.41, 5.74) is 0. The molecular formula is C10H9ClIN3S. The fourth-order valence-corrected chi connectivity index (χ4v) is 2.66. The lowest BCUT2D eigenvalue weighted by Gasteiger charge is -2.15. The monoisotopic (exact) mass is 365 g/mol. The van der Waals surface area contributed by atoms with Crippen molar-refractivity contribution in [3.8, 4) is 0 Å². The SMILES string of the molecule is CN(Cc1ccc(Cl)s1)c1ncc(I)cn1. The van der Waals surface area contributed by atoms with Crippen molar-refractivity contribution in [2.45, 2.75) is 6.54 Å². The highest BCUT2D eigenvalue weighted by Gasteiger charge is 2.06. The highest BCUT2D eigenvalue weighted by molar-refractivity contribution is 14.1. The Bertz CT molecular complexity index is 471. The molecule has 0 spiro atoms. The van der Waals surface area contributed by atoms with Crippen LogP contribution in [0.5, 0.6) is 0 Å². The van der Waals surface area contributed by atoms with Crippen molar-refractivity contribution < 1.29 is 0 Å². The van der Waals surface area contributed by atoms with Crippen molar-refractivity contribution in [3.63, 3.8) is 0 Å². The third-order valence-corrected chi connectivity index (χ3v) is 3.74. The normalized spacial score (nSPS) is 10.4. The topological polar surface area (TPSA) is 29.0 Å². The zero-order valence-electron chi connectivity index (χ0n) is 8.52. The Hall–Kier alpha value is -0.400. The summed E-state index contributed by atoms with van der Waals surface area (Å²) in [6.07, 6.45) is 3.61. The molecule has 0 radical (unpaired) electrons. The fourth-order valence-electron chi connectivity index (χ4n) is 1.24. The number of thiophene rings is 1. The van der Waals surface area contributed by atoms with Crippen molar-refractivity contribution in [2.24, 2.45) is 0 Å². The van der Waals surface area contributed by atoms with Crippen molar-refractivity contribution >= 4 is 51.5 Å². The maximum absolute atomic E-state index is 5.88. The smallest absolute Gasteiger partial charge is 0.225 e. The highest BCUT2D eigenvalue weighted by Crippen LogP contribution is 2.23. The molecule has 0 aliphatic heterocycles. The maximum atomic E-state index is 5.88. The van der Waals surface area contributed by atoms with E-state index in [1.165, 1.54) is 4.88 Å². The highest BCUT2D eigenvalue weighted by atomic mass is 127. The molecule has 0 fully saturated rings. The Morgan fingerprint density at radius 3 is 2.62 bits per heavy atom. The first-order valence-corrected chi connectivity index (χ1v) is 6.85. The minimum Gasteiger partial charge on any atom is -0.339 e.